The summed E-state index contributed by atoms with van der Waals surface area (Å²) in [4.78, 5) is 25.6. The summed E-state index contributed by atoms with van der Waals surface area (Å²) < 4.78 is 23.4. The van der Waals surface area contributed by atoms with E-state index in [9.17, 15) is 19.4 Å². The van der Waals surface area contributed by atoms with E-state index >= 15 is 0 Å². The second-order valence-corrected chi connectivity index (χ2v) is 24.1. The average Bonchev–Trinajstić information content (AvgIpc) is 3.46. The molecule has 0 aromatic rings. The number of unbranched alkanes of at least 4 members (excludes halogenated alkanes) is 21. The number of likely N-dealkylation sites (N-methyl/N-ethyl adjacent to an activating group) is 1. The number of carbonyl (C=O) groups excluding carboxylic acids is 1. The Morgan fingerprint density at radius 1 is 0.439 bits per heavy atom. The zero-order chi connectivity index (χ0) is 59.8. The van der Waals surface area contributed by atoms with Gasteiger partial charge in [-0.3, -0.25) is 9.36 Å². The molecular formula is C73H123N2O6P. The summed E-state index contributed by atoms with van der Waals surface area (Å²) in [6.07, 6.45) is 96.3. The summed E-state index contributed by atoms with van der Waals surface area (Å²) in [6.45, 7) is 4.49. The molecule has 0 saturated heterocycles. The number of phosphoric acid groups is 1. The number of nitrogens with zero attached hydrogens (tertiary/aromatic N) is 1. The largest absolute Gasteiger partial charge is 0.756 e. The first kappa shape index (κ1) is 78.1. The standard InChI is InChI=1S/C73H123N2O6P/c1-6-8-10-12-14-16-18-20-22-24-26-28-29-30-31-32-33-34-35-36-37-38-39-40-41-42-43-44-45-47-49-51-53-55-57-59-61-63-65-67-73(77)74-71(70-81-82(78,79)80-69-68-75(3,4)5)72(76)66-64-62-60-58-56-54-52-50-48-46-27-25-23-21-19-17-15-13-11-9-7-2/h8,10,14,16,20,22,26,28,30-31,33-34,36-37,39-40,42-43,45,47,51,53,56,58,64,66,71-72,76H,6-7,9,11-13,15,17-19,21,23-25,27,29,32,35,38,41,44,46,48-50,52,54-55,57,59-63,65,67-70H2,1-5H3,(H-,74,77,78,79)/b10-8-,16-14-,22-20-,28-26-,31-30-,34-33-,37-36-,40-39-,43-42-,47-45-,53-51-,58-56+,66-64+. The van der Waals surface area contributed by atoms with Gasteiger partial charge in [-0.25, -0.2) is 0 Å². The molecule has 9 heteroatoms. The van der Waals surface area contributed by atoms with Crippen molar-refractivity contribution in [2.45, 2.75) is 257 Å². The summed E-state index contributed by atoms with van der Waals surface area (Å²) in [5.41, 5.74) is 0. The minimum absolute atomic E-state index is 0.0187. The minimum atomic E-state index is -4.63. The van der Waals surface area contributed by atoms with E-state index in [1.54, 1.807) is 6.08 Å². The number of aliphatic hydroxyl groups excluding tert-OH is 1. The number of allylic oxidation sites excluding steroid dienone is 25. The smallest absolute Gasteiger partial charge is 0.268 e. The van der Waals surface area contributed by atoms with Gasteiger partial charge in [0, 0.05) is 6.42 Å². The molecule has 0 aliphatic rings. The molecule has 2 N–H and O–H groups in total. The zero-order valence-corrected chi connectivity index (χ0v) is 54.0. The fourth-order valence-corrected chi connectivity index (χ4v) is 9.37. The molecule has 0 bridgehead atoms. The quantitative estimate of drug-likeness (QED) is 0.0272. The maximum atomic E-state index is 13.0. The van der Waals surface area contributed by atoms with Crippen LogP contribution in [0.15, 0.2) is 158 Å². The van der Waals surface area contributed by atoms with Crippen LogP contribution >= 0.6 is 7.82 Å². The van der Waals surface area contributed by atoms with Gasteiger partial charge in [0.15, 0.2) is 0 Å². The molecule has 82 heavy (non-hydrogen) atoms. The topological polar surface area (TPSA) is 108 Å². The van der Waals surface area contributed by atoms with Crippen LogP contribution in [0.25, 0.3) is 0 Å². The number of hydrogen-bond donors (Lipinski definition) is 2. The fourth-order valence-electron chi connectivity index (χ4n) is 8.64. The van der Waals surface area contributed by atoms with Gasteiger partial charge in [0.1, 0.15) is 13.2 Å². The van der Waals surface area contributed by atoms with E-state index in [0.29, 0.717) is 17.4 Å². The molecule has 0 saturated carbocycles. The third kappa shape index (κ3) is 63.7. The van der Waals surface area contributed by atoms with Gasteiger partial charge in [-0.15, -0.1) is 0 Å². The second-order valence-electron chi connectivity index (χ2n) is 22.7. The molecule has 0 aliphatic carbocycles. The van der Waals surface area contributed by atoms with Crippen LogP contribution in [-0.4, -0.2) is 68.5 Å². The van der Waals surface area contributed by atoms with Crippen molar-refractivity contribution < 1.29 is 32.9 Å². The first-order chi connectivity index (χ1) is 40.0. The average molecular weight is 1160 g/mol. The number of aliphatic hydroxyl groups is 1. The van der Waals surface area contributed by atoms with Crippen molar-refractivity contribution in [2.24, 2.45) is 0 Å². The third-order valence-corrected chi connectivity index (χ3v) is 14.7. The first-order valence-corrected chi connectivity index (χ1v) is 34.3. The molecule has 0 aromatic heterocycles. The Balaban J connectivity index is 4.25. The lowest BCUT2D eigenvalue weighted by molar-refractivity contribution is -0.870. The van der Waals surface area contributed by atoms with Crippen molar-refractivity contribution in [3.05, 3.63) is 158 Å². The van der Waals surface area contributed by atoms with Crippen molar-refractivity contribution in [3.8, 4) is 0 Å². The van der Waals surface area contributed by atoms with E-state index in [1.165, 1.54) is 96.3 Å². The van der Waals surface area contributed by atoms with Gasteiger partial charge in [0.05, 0.1) is 39.9 Å². The summed E-state index contributed by atoms with van der Waals surface area (Å²) >= 11 is 0. The van der Waals surface area contributed by atoms with Crippen LogP contribution < -0.4 is 10.2 Å². The van der Waals surface area contributed by atoms with Crippen LogP contribution in [0.2, 0.25) is 0 Å². The van der Waals surface area contributed by atoms with E-state index < -0.39 is 26.6 Å². The third-order valence-electron chi connectivity index (χ3n) is 13.7. The molecule has 0 rings (SSSR count). The highest BCUT2D eigenvalue weighted by atomic mass is 31.2. The summed E-state index contributed by atoms with van der Waals surface area (Å²) in [5.74, 6) is -0.231. The highest BCUT2D eigenvalue weighted by Gasteiger charge is 2.23. The summed E-state index contributed by atoms with van der Waals surface area (Å²) in [6, 6.07) is -0.927. The second kappa shape index (κ2) is 61.7. The number of phosphoric ester groups is 1. The molecule has 1 amide bonds. The van der Waals surface area contributed by atoms with Crippen LogP contribution in [0.5, 0.6) is 0 Å². The lowest BCUT2D eigenvalue weighted by atomic mass is 10.0. The molecule has 8 nitrogen and oxygen atoms in total. The molecule has 466 valence electrons. The Bertz CT molecular complexity index is 1890. The van der Waals surface area contributed by atoms with Crippen molar-refractivity contribution in [2.75, 3.05) is 40.9 Å². The normalized spacial score (nSPS) is 14.8. The fraction of sp³-hybridized carbons (Fsp3) is 0.630. The molecule has 0 heterocycles. The molecule has 0 spiro atoms. The maximum Gasteiger partial charge on any atom is 0.268 e. The van der Waals surface area contributed by atoms with E-state index in [-0.39, 0.29) is 12.5 Å². The Kier molecular flexibility index (Phi) is 58.8. The first-order valence-electron chi connectivity index (χ1n) is 32.8. The van der Waals surface area contributed by atoms with Crippen LogP contribution in [0.3, 0.4) is 0 Å². The zero-order valence-electron chi connectivity index (χ0n) is 53.1. The molecule has 0 aliphatic heterocycles. The molecular weight excluding hydrogens is 1030 g/mol. The molecule has 0 radical (unpaired) electrons. The van der Waals surface area contributed by atoms with Gasteiger partial charge in [-0.05, 0) is 116 Å². The molecule has 0 fully saturated rings. The number of rotatable bonds is 58. The predicted molar refractivity (Wildman–Crippen MR) is 357 cm³/mol. The van der Waals surface area contributed by atoms with Crippen LogP contribution in [0.1, 0.15) is 245 Å². The monoisotopic (exact) mass is 1150 g/mol. The summed E-state index contributed by atoms with van der Waals surface area (Å²) in [7, 11) is 1.21. The lowest BCUT2D eigenvalue weighted by Gasteiger charge is -2.29. The van der Waals surface area contributed by atoms with Crippen molar-refractivity contribution in [1.29, 1.82) is 0 Å². The van der Waals surface area contributed by atoms with Gasteiger partial charge in [0.25, 0.3) is 7.82 Å². The van der Waals surface area contributed by atoms with Gasteiger partial charge in [0.2, 0.25) is 5.91 Å². The number of quaternary nitrogens is 1. The van der Waals surface area contributed by atoms with Gasteiger partial charge >= 0.3 is 0 Å². The molecule has 3 unspecified atom stereocenters. The van der Waals surface area contributed by atoms with Gasteiger partial charge < -0.3 is 28.8 Å². The minimum Gasteiger partial charge on any atom is -0.756 e. The molecule has 0 aromatic carbocycles. The van der Waals surface area contributed by atoms with E-state index in [4.69, 9.17) is 9.05 Å². The van der Waals surface area contributed by atoms with Gasteiger partial charge in [-0.1, -0.05) is 281 Å². The predicted octanol–water partition coefficient (Wildman–Crippen LogP) is 20.4. The van der Waals surface area contributed by atoms with Crippen molar-refractivity contribution in [1.82, 2.24) is 5.32 Å². The SMILES string of the molecule is CC/C=C\C/C=C\C/C=C\C/C=C\C/C=C\C/C=C\C/C=C\C/C=C\C/C=C\C/C=C\C/C=C\CCCCCCCC(=O)NC(COP(=O)([O-])OCC[N+](C)(C)C)C(O)/C=C/CC/C=C/CCCCCCCCCCCCCCCCC. The Labute approximate surface area is 505 Å². The van der Waals surface area contributed by atoms with Crippen molar-refractivity contribution in [3.63, 3.8) is 0 Å². The number of carbonyl (C=O) groups is 1. The summed E-state index contributed by atoms with van der Waals surface area (Å²) in [5, 5.41) is 13.9. The Hall–Kier alpha value is -3.88. The van der Waals surface area contributed by atoms with E-state index in [2.05, 4.69) is 165 Å². The van der Waals surface area contributed by atoms with Crippen LogP contribution in [0, 0.1) is 0 Å². The number of nitrogens with one attached hydrogen (secondary N) is 1. The lowest BCUT2D eigenvalue weighted by Crippen LogP contribution is -2.45. The van der Waals surface area contributed by atoms with Crippen molar-refractivity contribution >= 4 is 13.7 Å². The van der Waals surface area contributed by atoms with Gasteiger partial charge in [-0.2, -0.15) is 0 Å². The van der Waals surface area contributed by atoms with Crippen LogP contribution in [0.4, 0.5) is 0 Å². The Morgan fingerprint density at radius 3 is 1.13 bits per heavy atom. The number of hydrogen-bond acceptors (Lipinski definition) is 6. The highest BCUT2D eigenvalue weighted by molar-refractivity contribution is 7.45. The number of amides is 1. The highest BCUT2D eigenvalue weighted by Crippen LogP contribution is 2.38. The van der Waals surface area contributed by atoms with E-state index in [0.717, 1.165) is 128 Å². The van der Waals surface area contributed by atoms with E-state index in [1.807, 2.05) is 27.2 Å². The Morgan fingerprint density at radius 2 is 0.756 bits per heavy atom. The molecule has 3 atom stereocenters. The maximum absolute atomic E-state index is 13.0. The van der Waals surface area contributed by atoms with Crippen LogP contribution in [-0.2, 0) is 18.4 Å².